The zero-order chi connectivity index (χ0) is 5.11. The van der Waals surface area contributed by atoms with E-state index in [4.69, 9.17) is 0 Å². The normalized spacial score (nSPS) is 15.9. The van der Waals surface area contributed by atoms with Crippen molar-refractivity contribution >= 4 is 28.5 Å². The standard InChI is InChI=1S/C4H2INO/c5-4-1-2-6-7-3-4/h1,3H. The number of allylic oxidation sites excluding steroid dienone is 2. The first-order valence-corrected chi connectivity index (χ1v) is 2.78. The molecule has 36 valence electrons. The third-order valence-corrected chi connectivity index (χ3v) is 1.04. The van der Waals surface area contributed by atoms with E-state index in [1.165, 1.54) is 0 Å². The van der Waals surface area contributed by atoms with E-state index in [0.29, 0.717) is 0 Å². The van der Waals surface area contributed by atoms with Gasteiger partial charge in [0.2, 0.25) is 0 Å². The Morgan fingerprint density at radius 2 is 2.71 bits per heavy atom. The van der Waals surface area contributed by atoms with Gasteiger partial charge in [-0.05, 0) is 27.7 Å². The van der Waals surface area contributed by atoms with Gasteiger partial charge in [-0.25, -0.2) is 0 Å². The van der Waals surface area contributed by atoms with Gasteiger partial charge in [0.05, 0.1) is 3.58 Å². The van der Waals surface area contributed by atoms with Gasteiger partial charge < -0.3 is 4.84 Å². The van der Waals surface area contributed by atoms with E-state index in [1.54, 1.807) is 12.3 Å². The molecule has 1 aliphatic rings. The molecule has 0 atom stereocenters. The summed E-state index contributed by atoms with van der Waals surface area (Å²) in [6.45, 7) is 0. The molecule has 0 radical (unpaired) electrons. The highest BCUT2D eigenvalue weighted by molar-refractivity contribution is 14.1. The molecule has 7 heavy (non-hydrogen) atoms. The van der Waals surface area contributed by atoms with Gasteiger partial charge in [-0.1, -0.05) is 0 Å². The van der Waals surface area contributed by atoms with Crippen LogP contribution in [0.15, 0.2) is 21.1 Å². The van der Waals surface area contributed by atoms with Crippen molar-refractivity contribution in [2.24, 2.45) is 5.16 Å². The topological polar surface area (TPSA) is 21.6 Å². The lowest BCUT2D eigenvalue weighted by molar-refractivity contribution is 0.269. The van der Waals surface area contributed by atoms with Crippen LogP contribution in [0.4, 0.5) is 0 Å². The van der Waals surface area contributed by atoms with Gasteiger partial charge in [-0.15, -0.1) is 0 Å². The largest absolute Gasteiger partial charge is 0.356 e. The summed E-state index contributed by atoms with van der Waals surface area (Å²) in [5.74, 6) is 2.54. The fourth-order valence-corrected chi connectivity index (χ4v) is 0.482. The zero-order valence-electron chi connectivity index (χ0n) is 3.39. The molecule has 0 N–H and O–H groups in total. The van der Waals surface area contributed by atoms with Gasteiger partial charge in [0.25, 0.3) is 0 Å². The Morgan fingerprint density at radius 3 is 3.00 bits per heavy atom. The molecule has 0 fully saturated rings. The summed E-state index contributed by atoms with van der Waals surface area (Å²) in [5, 5.41) is 3.34. The number of nitrogens with zero attached hydrogens (tertiary/aromatic N) is 1. The molecule has 0 spiro atoms. The van der Waals surface area contributed by atoms with Crippen molar-refractivity contribution in [1.82, 2.24) is 0 Å². The van der Waals surface area contributed by atoms with Gasteiger partial charge in [0.1, 0.15) is 6.26 Å². The second-order valence-corrected chi connectivity index (χ2v) is 2.22. The van der Waals surface area contributed by atoms with Crippen molar-refractivity contribution in [2.45, 2.75) is 0 Å². The lowest BCUT2D eigenvalue weighted by Gasteiger charge is -1.88. The maximum absolute atomic E-state index is 4.49. The smallest absolute Gasteiger partial charge is 0.137 e. The Hall–Kier alpha value is -0.280. The minimum atomic E-state index is 1.01. The predicted octanol–water partition coefficient (Wildman–Crippen LogP) is 1.43. The Bertz CT molecular complexity index is 155. The van der Waals surface area contributed by atoms with Crippen LogP contribution in [0.3, 0.4) is 0 Å². The molecule has 0 aromatic rings. The Labute approximate surface area is 54.7 Å². The first kappa shape index (κ1) is 4.87. The summed E-state index contributed by atoms with van der Waals surface area (Å²) in [6.07, 6.45) is 3.29. The van der Waals surface area contributed by atoms with Crippen molar-refractivity contribution in [2.75, 3.05) is 0 Å². The second-order valence-electron chi connectivity index (χ2n) is 0.973. The second kappa shape index (κ2) is 2.14. The zero-order valence-corrected chi connectivity index (χ0v) is 5.55. The molecule has 1 rings (SSSR count). The Balaban J connectivity index is 2.82. The molecule has 0 saturated heterocycles. The van der Waals surface area contributed by atoms with Crippen LogP contribution in [0.1, 0.15) is 0 Å². The molecule has 0 aromatic heterocycles. The van der Waals surface area contributed by atoms with Gasteiger partial charge in [0, 0.05) is 11.9 Å². The van der Waals surface area contributed by atoms with Crippen LogP contribution in [-0.4, -0.2) is 5.87 Å². The maximum Gasteiger partial charge on any atom is 0.137 e. The lowest BCUT2D eigenvalue weighted by atomic mass is 10.6. The summed E-state index contributed by atoms with van der Waals surface area (Å²) in [5.41, 5.74) is 0. The van der Waals surface area contributed by atoms with Crippen LogP contribution in [0.25, 0.3) is 0 Å². The van der Waals surface area contributed by atoms with Gasteiger partial charge in [-0.2, -0.15) is 0 Å². The number of rotatable bonds is 0. The summed E-state index contributed by atoms with van der Waals surface area (Å²) in [6, 6.07) is 0. The summed E-state index contributed by atoms with van der Waals surface area (Å²) in [7, 11) is 0. The molecule has 0 aromatic carbocycles. The fraction of sp³-hybridized carbons (Fsp3) is 0. The minimum Gasteiger partial charge on any atom is -0.356 e. The Kier molecular flexibility index (Phi) is 1.49. The molecule has 0 aliphatic carbocycles. The lowest BCUT2D eigenvalue weighted by Crippen LogP contribution is -1.74. The third-order valence-electron chi connectivity index (χ3n) is 0.473. The third kappa shape index (κ3) is 1.33. The van der Waals surface area contributed by atoms with Crippen molar-refractivity contribution < 1.29 is 4.84 Å². The average Bonchev–Trinajstić information content (AvgIpc) is 1.69. The van der Waals surface area contributed by atoms with Crippen LogP contribution < -0.4 is 0 Å². The summed E-state index contributed by atoms with van der Waals surface area (Å²) < 4.78 is 1.01. The summed E-state index contributed by atoms with van der Waals surface area (Å²) in [4.78, 5) is 4.49. The van der Waals surface area contributed by atoms with Gasteiger partial charge >= 0.3 is 0 Å². The van der Waals surface area contributed by atoms with Crippen molar-refractivity contribution in [3.8, 4) is 0 Å². The molecule has 1 aliphatic heterocycles. The van der Waals surface area contributed by atoms with E-state index in [0.717, 1.165) is 3.58 Å². The number of hydrogen-bond acceptors (Lipinski definition) is 2. The predicted molar refractivity (Wildman–Crippen MR) is 35.2 cm³/mol. The highest BCUT2D eigenvalue weighted by Gasteiger charge is 1.85. The van der Waals surface area contributed by atoms with Crippen LogP contribution in [0.2, 0.25) is 0 Å². The van der Waals surface area contributed by atoms with Crippen LogP contribution in [0, 0.1) is 0 Å². The van der Waals surface area contributed by atoms with Gasteiger partial charge in [0.15, 0.2) is 0 Å². The number of hydrogen-bond donors (Lipinski definition) is 0. The van der Waals surface area contributed by atoms with E-state index in [9.17, 15) is 0 Å². The molecule has 1 heterocycles. The highest BCUT2D eigenvalue weighted by Crippen LogP contribution is 2.07. The van der Waals surface area contributed by atoms with Crippen LogP contribution in [0.5, 0.6) is 0 Å². The van der Waals surface area contributed by atoms with Gasteiger partial charge in [-0.3, -0.25) is 0 Å². The van der Waals surface area contributed by atoms with E-state index >= 15 is 0 Å². The molecule has 0 saturated carbocycles. The monoisotopic (exact) mass is 207 g/mol. The van der Waals surface area contributed by atoms with E-state index in [1.807, 2.05) is 0 Å². The molecule has 3 heteroatoms. The maximum atomic E-state index is 4.49. The van der Waals surface area contributed by atoms with Crippen LogP contribution >= 0.6 is 22.6 Å². The van der Waals surface area contributed by atoms with E-state index < -0.39 is 0 Å². The minimum absolute atomic E-state index is 1.01. The summed E-state index contributed by atoms with van der Waals surface area (Å²) >= 11 is 2.11. The quantitative estimate of drug-likeness (QED) is 0.550. The van der Waals surface area contributed by atoms with Crippen molar-refractivity contribution in [1.29, 1.82) is 0 Å². The molecule has 0 amide bonds. The molecular formula is C4H2INO. The Morgan fingerprint density at radius 1 is 1.86 bits per heavy atom. The van der Waals surface area contributed by atoms with E-state index in [2.05, 4.69) is 38.5 Å². The fourth-order valence-electron chi connectivity index (χ4n) is 0.229. The van der Waals surface area contributed by atoms with Crippen LogP contribution in [-0.2, 0) is 4.84 Å². The average molecular weight is 207 g/mol. The number of halogens is 1. The molecule has 2 nitrogen and oxygen atoms in total. The highest BCUT2D eigenvalue weighted by atomic mass is 127. The first-order chi connectivity index (χ1) is 3.39. The van der Waals surface area contributed by atoms with Crippen molar-refractivity contribution in [3.05, 3.63) is 15.9 Å². The van der Waals surface area contributed by atoms with Crippen molar-refractivity contribution in [3.63, 3.8) is 0 Å². The molecule has 0 bridgehead atoms. The van der Waals surface area contributed by atoms with E-state index in [-0.39, 0.29) is 0 Å². The first-order valence-electron chi connectivity index (χ1n) is 1.70. The molecular weight excluding hydrogens is 205 g/mol. The molecule has 0 unspecified atom stereocenters. The SMILES string of the molecule is IC1=CON=C=C1.